The zero-order valence-corrected chi connectivity index (χ0v) is 19.6. The van der Waals surface area contributed by atoms with E-state index in [0.717, 1.165) is 18.4 Å². The zero-order valence-electron chi connectivity index (χ0n) is 19.6. The minimum absolute atomic E-state index is 0.0422. The van der Waals surface area contributed by atoms with Gasteiger partial charge in [0.2, 0.25) is 5.95 Å². The second-order valence-electron chi connectivity index (χ2n) is 8.74. The third kappa shape index (κ3) is 6.32. The van der Waals surface area contributed by atoms with Crippen molar-refractivity contribution in [2.75, 3.05) is 23.8 Å². The average Bonchev–Trinajstić information content (AvgIpc) is 2.85. The number of nitriles is 1. The number of ether oxygens (including phenoxy) is 2. The predicted octanol–water partition coefficient (Wildman–Crippen LogP) is 4.03. The summed E-state index contributed by atoms with van der Waals surface area (Å²) in [6, 6.07) is 16.4. The number of aliphatic hydroxyl groups is 1. The molecule has 4 rings (SSSR count). The lowest BCUT2D eigenvalue weighted by Gasteiger charge is -2.23. The molecule has 3 aromatic rings. The van der Waals surface area contributed by atoms with Crippen molar-refractivity contribution in [2.45, 2.75) is 38.4 Å². The molecule has 0 saturated carbocycles. The largest absolute Gasteiger partial charge is 0.489 e. The van der Waals surface area contributed by atoms with E-state index in [9.17, 15) is 15.2 Å². The SMILES string of the molecule is CC(C)(O)C(=O)Nc1cccc(Nc2nccc(-c3ccc(OC4CCOCC4)c(C#N)c3)n2)c1. The minimum Gasteiger partial charge on any atom is -0.489 e. The fourth-order valence-corrected chi connectivity index (χ4v) is 3.52. The number of hydrogen-bond donors (Lipinski definition) is 3. The third-order valence-electron chi connectivity index (χ3n) is 5.45. The highest BCUT2D eigenvalue weighted by atomic mass is 16.5. The van der Waals surface area contributed by atoms with Crippen LogP contribution >= 0.6 is 0 Å². The van der Waals surface area contributed by atoms with Gasteiger partial charge in [-0.05, 0) is 56.3 Å². The standard InChI is InChI=1S/C26H27N5O4/c1-26(2,33)24(32)29-19-4-3-5-20(15-19)30-25-28-11-8-22(31-25)17-6-7-23(18(14-17)16-27)35-21-9-12-34-13-10-21/h3-8,11,14-15,21,33H,9-10,12-13H2,1-2H3,(H,29,32)(H,28,30,31). The highest BCUT2D eigenvalue weighted by Gasteiger charge is 2.23. The molecule has 2 heterocycles. The molecular weight excluding hydrogens is 446 g/mol. The summed E-state index contributed by atoms with van der Waals surface area (Å²) in [5.41, 5.74) is 1.54. The summed E-state index contributed by atoms with van der Waals surface area (Å²) in [5, 5.41) is 25.3. The maximum Gasteiger partial charge on any atom is 0.255 e. The van der Waals surface area contributed by atoms with Gasteiger partial charge < -0.3 is 25.2 Å². The molecule has 0 unspecified atom stereocenters. The number of nitrogens with zero attached hydrogens (tertiary/aromatic N) is 3. The van der Waals surface area contributed by atoms with Crippen LogP contribution in [0.1, 0.15) is 32.3 Å². The van der Waals surface area contributed by atoms with E-state index in [2.05, 4.69) is 26.7 Å². The first-order valence-electron chi connectivity index (χ1n) is 11.3. The van der Waals surface area contributed by atoms with E-state index >= 15 is 0 Å². The van der Waals surface area contributed by atoms with Crippen LogP contribution in [0.3, 0.4) is 0 Å². The van der Waals surface area contributed by atoms with Crippen LogP contribution in [0.4, 0.5) is 17.3 Å². The molecule has 0 radical (unpaired) electrons. The normalized spacial score (nSPS) is 14.1. The van der Waals surface area contributed by atoms with E-state index in [1.807, 2.05) is 12.1 Å². The Morgan fingerprint density at radius 2 is 1.94 bits per heavy atom. The summed E-state index contributed by atoms with van der Waals surface area (Å²) in [6.07, 6.45) is 3.27. The smallest absolute Gasteiger partial charge is 0.255 e. The number of carbonyl (C=O) groups excluding carboxylic acids is 1. The predicted molar refractivity (Wildman–Crippen MR) is 131 cm³/mol. The average molecular weight is 474 g/mol. The number of nitrogens with one attached hydrogen (secondary N) is 2. The molecule has 0 aliphatic carbocycles. The van der Waals surface area contributed by atoms with Crippen molar-refractivity contribution in [3.63, 3.8) is 0 Å². The van der Waals surface area contributed by atoms with Crippen molar-refractivity contribution in [2.24, 2.45) is 0 Å². The van der Waals surface area contributed by atoms with Gasteiger partial charge in [-0.3, -0.25) is 4.79 Å². The molecule has 2 aromatic carbocycles. The fraction of sp³-hybridized carbons (Fsp3) is 0.308. The summed E-state index contributed by atoms with van der Waals surface area (Å²) in [7, 11) is 0. The zero-order chi connectivity index (χ0) is 24.8. The lowest BCUT2D eigenvalue weighted by Crippen LogP contribution is -2.36. The second-order valence-corrected chi connectivity index (χ2v) is 8.74. The molecule has 0 atom stereocenters. The minimum atomic E-state index is -1.49. The number of rotatable bonds is 7. The van der Waals surface area contributed by atoms with Crippen molar-refractivity contribution in [3.8, 4) is 23.1 Å². The molecular formula is C26H27N5O4. The Labute approximate surface area is 203 Å². The molecule has 1 aliphatic heterocycles. The lowest BCUT2D eigenvalue weighted by atomic mass is 10.1. The maximum atomic E-state index is 12.0. The highest BCUT2D eigenvalue weighted by Crippen LogP contribution is 2.28. The summed E-state index contributed by atoms with van der Waals surface area (Å²) in [5.74, 6) is 0.403. The molecule has 0 spiro atoms. The quantitative estimate of drug-likeness (QED) is 0.469. The number of hydrogen-bond acceptors (Lipinski definition) is 8. The number of amides is 1. The van der Waals surface area contributed by atoms with Gasteiger partial charge in [0.1, 0.15) is 23.5 Å². The van der Waals surface area contributed by atoms with Crippen LogP contribution in [0.25, 0.3) is 11.3 Å². The van der Waals surface area contributed by atoms with Crippen LogP contribution in [-0.2, 0) is 9.53 Å². The molecule has 1 amide bonds. The Hall–Kier alpha value is -4.00. The van der Waals surface area contributed by atoms with Crippen LogP contribution in [0.2, 0.25) is 0 Å². The van der Waals surface area contributed by atoms with Gasteiger partial charge in [-0.2, -0.15) is 5.26 Å². The first-order chi connectivity index (χ1) is 16.8. The molecule has 1 aromatic heterocycles. The first kappa shape index (κ1) is 24.1. The maximum absolute atomic E-state index is 12.0. The fourth-order valence-electron chi connectivity index (χ4n) is 3.52. The first-order valence-corrected chi connectivity index (χ1v) is 11.3. The molecule has 0 bridgehead atoms. The molecule has 9 nitrogen and oxygen atoms in total. The van der Waals surface area contributed by atoms with Crippen molar-refractivity contribution in [3.05, 3.63) is 60.3 Å². The van der Waals surface area contributed by atoms with Crippen molar-refractivity contribution >= 4 is 23.2 Å². The van der Waals surface area contributed by atoms with Crippen LogP contribution in [0.5, 0.6) is 5.75 Å². The summed E-state index contributed by atoms with van der Waals surface area (Å²) in [4.78, 5) is 20.9. The second kappa shape index (κ2) is 10.5. The number of aromatic nitrogens is 2. The van der Waals surface area contributed by atoms with Crippen LogP contribution < -0.4 is 15.4 Å². The molecule has 3 N–H and O–H groups in total. The van der Waals surface area contributed by atoms with E-state index in [1.54, 1.807) is 42.6 Å². The molecule has 35 heavy (non-hydrogen) atoms. The van der Waals surface area contributed by atoms with Gasteiger partial charge in [0, 0.05) is 36.0 Å². The number of carbonyl (C=O) groups is 1. The Bertz CT molecular complexity index is 1240. The van der Waals surface area contributed by atoms with Gasteiger partial charge in [0.05, 0.1) is 24.5 Å². The molecule has 1 saturated heterocycles. The van der Waals surface area contributed by atoms with E-state index in [1.165, 1.54) is 13.8 Å². The van der Waals surface area contributed by atoms with Gasteiger partial charge >= 0.3 is 0 Å². The molecule has 180 valence electrons. The summed E-state index contributed by atoms with van der Waals surface area (Å²) >= 11 is 0. The monoisotopic (exact) mass is 473 g/mol. The van der Waals surface area contributed by atoms with E-state index in [0.29, 0.717) is 47.5 Å². The van der Waals surface area contributed by atoms with Gasteiger partial charge in [-0.1, -0.05) is 6.07 Å². The Morgan fingerprint density at radius 1 is 1.17 bits per heavy atom. The van der Waals surface area contributed by atoms with Crippen LogP contribution in [0.15, 0.2) is 54.7 Å². The third-order valence-corrected chi connectivity index (χ3v) is 5.45. The summed E-state index contributed by atoms with van der Waals surface area (Å²) in [6.45, 7) is 4.17. The Kier molecular flexibility index (Phi) is 7.25. The van der Waals surface area contributed by atoms with Gasteiger partial charge in [-0.15, -0.1) is 0 Å². The lowest BCUT2D eigenvalue weighted by molar-refractivity contribution is -0.130. The van der Waals surface area contributed by atoms with E-state index in [-0.39, 0.29) is 6.10 Å². The number of anilines is 3. The number of benzene rings is 2. The highest BCUT2D eigenvalue weighted by molar-refractivity contribution is 5.96. The van der Waals surface area contributed by atoms with E-state index < -0.39 is 11.5 Å². The Balaban J connectivity index is 1.50. The molecule has 1 aliphatic rings. The van der Waals surface area contributed by atoms with Crippen molar-refractivity contribution in [1.29, 1.82) is 5.26 Å². The molecule has 9 heteroatoms. The molecule has 1 fully saturated rings. The van der Waals surface area contributed by atoms with Gasteiger partial charge in [0.15, 0.2) is 0 Å². The van der Waals surface area contributed by atoms with Crippen LogP contribution in [0, 0.1) is 11.3 Å². The van der Waals surface area contributed by atoms with E-state index in [4.69, 9.17) is 9.47 Å². The van der Waals surface area contributed by atoms with Crippen molar-refractivity contribution in [1.82, 2.24) is 9.97 Å². The summed E-state index contributed by atoms with van der Waals surface area (Å²) < 4.78 is 11.4. The Morgan fingerprint density at radius 3 is 2.69 bits per heavy atom. The topological polar surface area (TPSA) is 129 Å². The van der Waals surface area contributed by atoms with Gasteiger partial charge in [0.25, 0.3) is 5.91 Å². The van der Waals surface area contributed by atoms with Crippen LogP contribution in [-0.4, -0.2) is 45.9 Å². The van der Waals surface area contributed by atoms with Gasteiger partial charge in [-0.25, -0.2) is 9.97 Å². The van der Waals surface area contributed by atoms with Crippen molar-refractivity contribution < 1.29 is 19.4 Å².